The molecule has 0 atom stereocenters. The van der Waals surface area contributed by atoms with Crippen LogP contribution in [0.1, 0.15) is 16.1 Å². The molecule has 5 aromatic rings. The maximum absolute atomic E-state index is 13.4. The lowest BCUT2D eigenvalue weighted by Gasteiger charge is -2.11. The number of carbonyl (C=O) groups is 2. The number of nitrogens with one attached hydrogen (secondary N) is 1. The first kappa shape index (κ1) is 22.1. The van der Waals surface area contributed by atoms with Crippen molar-refractivity contribution in [3.05, 3.63) is 84.1 Å². The highest BCUT2D eigenvalue weighted by Gasteiger charge is 2.18. The highest BCUT2D eigenvalue weighted by atomic mass is 32.2. The molecule has 0 aliphatic heterocycles. The highest BCUT2D eigenvalue weighted by Crippen LogP contribution is 2.33. The molecule has 0 spiro atoms. The van der Waals surface area contributed by atoms with Crippen LogP contribution in [0.3, 0.4) is 0 Å². The number of rotatable bonds is 6. The van der Waals surface area contributed by atoms with E-state index in [0.717, 1.165) is 42.8 Å². The van der Waals surface area contributed by atoms with Gasteiger partial charge in [-0.3, -0.25) is 14.9 Å². The summed E-state index contributed by atoms with van der Waals surface area (Å²) in [5, 5.41) is 6.35. The molecule has 0 saturated heterocycles. The van der Waals surface area contributed by atoms with Crippen molar-refractivity contribution in [3.8, 4) is 11.3 Å². The first-order valence-electron chi connectivity index (χ1n) is 10.6. The summed E-state index contributed by atoms with van der Waals surface area (Å²) in [5.41, 5.74) is 8.96. The van der Waals surface area contributed by atoms with E-state index in [2.05, 4.69) is 28.5 Å². The van der Waals surface area contributed by atoms with E-state index in [9.17, 15) is 9.59 Å². The summed E-state index contributed by atoms with van der Waals surface area (Å²) in [6.07, 6.45) is 0. The third kappa shape index (κ3) is 4.37. The number of hydrogen-bond acceptors (Lipinski definition) is 6. The van der Waals surface area contributed by atoms with Gasteiger partial charge in [0.25, 0.3) is 5.91 Å². The Kier molecular flexibility index (Phi) is 6.00. The van der Waals surface area contributed by atoms with E-state index in [4.69, 9.17) is 10.7 Å². The van der Waals surface area contributed by atoms with Crippen LogP contribution in [0, 0.1) is 6.92 Å². The fourth-order valence-electron chi connectivity index (χ4n) is 3.82. The number of anilines is 1. The fraction of sp³-hybridized carbons (Fsp3) is 0.0769. The molecule has 168 valence electrons. The van der Waals surface area contributed by atoms with Gasteiger partial charge >= 0.3 is 0 Å². The second-order valence-corrected chi connectivity index (χ2v) is 9.94. The molecular weight excluding hydrogens is 464 g/mol. The van der Waals surface area contributed by atoms with E-state index in [0.29, 0.717) is 10.7 Å². The van der Waals surface area contributed by atoms with Crippen molar-refractivity contribution < 1.29 is 9.59 Å². The van der Waals surface area contributed by atoms with E-state index in [-0.39, 0.29) is 11.7 Å². The number of nitrogens with zero attached hydrogens (tertiary/aromatic N) is 2. The van der Waals surface area contributed by atoms with Crippen LogP contribution in [0.25, 0.3) is 32.9 Å². The van der Waals surface area contributed by atoms with E-state index >= 15 is 0 Å². The first-order valence-corrected chi connectivity index (χ1v) is 12.4. The highest BCUT2D eigenvalue weighted by molar-refractivity contribution is 8.01. The number of fused-ring (bicyclic) bond motifs is 2. The fourth-order valence-corrected chi connectivity index (χ4v) is 5.69. The van der Waals surface area contributed by atoms with Crippen LogP contribution in [0.4, 0.5) is 5.13 Å². The van der Waals surface area contributed by atoms with Crippen LogP contribution in [0.2, 0.25) is 0 Å². The summed E-state index contributed by atoms with van der Waals surface area (Å²) < 4.78 is 0.852. The first-order chi connectivity index (χ1) is 16.5. The van der Waals surface area contributed by atoms with Crippen molar-refractivity contribution in [1.29, 1.82) is 0 Å². The van der Waals surface area contributed by atoms with Gasteiger partial charge in [0.2, 0.25) is 5.91 Å². The lowest BCUT2D eigenvalue weighted by Crippen LogP contribution is -2.13. The van der Waals surface area contributed by atoms with Crippen LogP contribution in [0.5, 0.6) is 0 Å². The number of aromatic nitrogens is 2. The minimum absolute atomic E-state index is 0.166. The zero-order valence-corrected chi connectivity index (χ0v) is 19.9. The molecule has 0 unspecified atom stereocenters. The van der Waals surface area contributed by atoms with Gasteiger partial charge in [0.15, 0.2) is 5.13 Å². The third-order valence-electron chi connectivity index (χ3n) is 5.35. The number of thiazole rings is 1. The number of nitrogens with two attached hydrogens (primary N) is 1. The minimum Gasteiger partial charge on any atom is -0.369 e. The number of carbonyl (C=O) groups excluding carboxylic acids is 2. The van der Waals surface area contributed by atoms with E-state index in [1.807, 2.05) is 61.5 Å². The summed E-state index contributed by atoms with van der Waals surface area (Å²) in [7, 11) is 0. The quantitative estimate of drug-likeness (QED) is 0.304. The molecule has 0 saturated carbocycles. The summed E-state index contributed by atoms with van der Waals surface area (Å²) in [5.74, 6) is -0.493. The molecule has 8 heteroatoms. The van der Waals surface area contributed by atoms with Crippen molar-refractivity contribution in [1.82, 2.24) is 9.97 Å². The maximum atomic E-state index is 13.4. The summed E-state index contributed by atoms with van der Waals surface area (Å²) in [6, 6.07) is 23.7. The summed E-state index contributed by atoms with van der Waals surface area (Å²) >= 11 is 2.65. The Morgan fingerprint density at radius 2 is 1.71 bits per heavy atom. The molecule has 0 aliphatic rings. The molecule has 0 bridgehead atoms. The predicted octanol–water partition coefficient (Wildman–Crippen LogP) is 5.65. The molecule has 3 aromatic carbocycles. The number of primary amides is 1. The van der Waals surface area contributed by atoms with Gasteiger partial charge in [0, 0.05) is 10.9 Å². The Balaban J connectivity index is 1.55. The molecule has 2 aromatic heterocycles. The van der Waals surface area contributed by atoms with Gasteiger partial charge < -0.3 is 5.73 Å². The number of hydrogen-bond donors (Lipinski definition) is 2. The number of aryl methyl sites for hydroxylation is 1. The Labute approximate surface area is 204 Å². The normalized spacial score (nSPS) is 11.1. The molecule has 34 heavy (non-hydrogen) atoms. The Morgan fingerprint density at radius 1 is 0.971 bits per heavy atom. The number of thioether (sulfide) groups is 1. The molecule has 2 amide bonds. The van der Waals surface area contributed by atoms with Crippen LogP contribution in [0.15, 0.2) is 77.0 Å². The second kappa shape index (κ2) is 9.24. The van der Waals surface area contributed by atoms with E-state index < -0.39 is 5.91 Å². The van der Waals surface area contributed by atoms with Gasteiger partial charge in [-0.15, -0.1) is 11.8 Å². The Bertz CT molecular complexity index is 1560. The van der Waals surface area contributed by atoms with Crippen molar-refractivity contribution in [2.24, 2.45) is 5.73 Å². The number of pyridine rings is 1. The second-order valence-electron chi connectivity index (χ2n) is 7.70. The van der Waals surface area contributed by atoms with Gasteiger partial charge in [-0.25, -0.2) is 9.97 Å². The third-order valence-corrected chi connectivity index (χ3v) is 7.80. The van der Waals surface area contributed by atoms with Crippen LogP contribution >= 0.6 is 23.1 Å². The van der Waals surface area contributed by atoms with Crippen LogP contribution in [-0.4, -0.2) is 27.5 Å². The number of amides is 2. The smallest absolute Gasteiger partial charge is 0.258 e. The van der Waals surface area contributed by atoms with Crippen molar-refractivity contribution in [3.63, 3.8) is 0 Å². The van der Waals surface area contributed by atoms with Crippen molar-refractivity contribution in [2.75, 3.05) is 11.1 Å². The van der Waals surface area contributed by atoms with Crippen LogP contribution < -0.4 is 11.1 Å². The number of benzene rings is 3. The van der Waals surface area contributed by atoms with Gasteiger partial charge in [-0.1, -0.05) is 72.0 Å². The minimum atomic E-state index is -0.396. The molecule has 2 heterocycles. The molecule has 6 nitrogen and oxygen atoms in total. The molecule has 5 rings (SSSR count). The topological polar surface area (TPSA) is 98.0 Å². The summed E-state index contributed by atoms with van der Waals surface area (Å²) in [6.45, 7) is 1.84. The predicted molar refractivity (Wildman–Crippen MR) is 139 cm³/mol. The molecule has 0 aliphatic carbocycles. The average Bonchev–Trinajstić information content (AvgIpc) is 3.20. The van der Waals surface area contributed by atoms with Gasteiger partial charge in [0.1, 0.15) is 0 Å². The molecule has 0 fully saturated rings. The lowest BCUT2D eigenvalue weighted by atomic mass is 9.99. The standard InChI is InChI=1S/C26H20N4O2S2/c1-15-25(33-14-23(27)31)34-26(28-15)30-24(32)20-13-22(29-21-12-5-4-10-19(20)21)18-11-6-8-16-7-2-3-9-17(16)18/h2-13H,14H2,1H3,(H2,27,31)(H,28,30,32). The monoisotopic (exact) mass is 484 g/mol. The largest absolute Gasteiger partial charge is 0.369 e. The molecular formula is C26H20N4O2S2. The zero-order valence-electron chi connectivity index (χ0n) is 18.2. The van der Waals surface area contributed by atoms with Crippen LogP contribution in [-0.2, 0) is 4.79 Å². The Morgan fingerprint density at radius 3 is 2.53 bits per heavy atom. The maximum Gasteiger partial charge on any atom is 0.258 e. The van der Waals surface area contributed by atoms with Gasteiger partial charge in [0.05, 0.1) is 32.4 Å². The van der Waals surface area contributed by atoms with Gasteiger partial charge in [-0.2, -0.15) is 0 Å². The Hall–Kier alpha value is -3.75. The number of para-hydroxylation sites is 1. The lowest BCUT2D eigenvalue weighted by molar-refractivity contribution is -0.115. The van der Waals surface area contributed by atoms with Crippen molar-refractivity contribution >= 4 is 61.7 Å². The average molecular weight is 485 g/mol. The SMILES string of the molecule is Cc1nc(NC(=O)c2cc(-c3cccc4ccccc34)nc3ccccc23)sc1SCC(N)=O. The van der Waals surface area contributed by atoms with E-state index in [1.165, 1.54) is 23.1 Å². The van der Waals surface area contributed by atoms with Gasteiger partial charge in [-0.05, 0) is 29.8 Å². The van der Waals surface area contributed by atoms with E-state index in [1.54, 1.807) is 0 Å². The molecule has 0 radical (unpaired) electrons. The summed E-state index contributed by atoms with van der Waals surface area (Å²) in [4.78, 5) is 33.8. The zero-order chi connectivity index (χ0) is 23.7. The molecule has 3 N–H and O–H groups in total. The van der Waals surface area contributed by atoms with Crippen molar-refractivity contribution in [2.45, 2.75) is 11.1 Å².